The number of carboxylic acids is 1. The van der Waals surface area contributed by atoms with E-state index in [1.807, 2.05) is 0 Å². The lowest BCUT2D eigenvalue weighted by molar-refractivity contribution is -0.139. The SMILES string of the molecule is C#CCNC(=O)NC(CCO)C(=O)O. The van der Waals surface area contributed by atoms with Crippen molar-refractivity contribution < 1.29 is 19.8 Å². The van der Waals surface area contributed by atoms with E-state index in [-0.39, 0.29) is 19.6 Å². The predicted octanol–water partition coefficient (Wildman–Crippen LogP) is -1.25. The van der Waals surface area contributed by atoms with Gasteiger partial charge in [0.25, 0.3) is 0 Å². The number of carbonyl (C=O) groups is 2. The molecule has 1 unspecified atom stereocenters. The van der Waals surface area contributed by atoms with E-state index in [1.165, 1.54) is 0 Å². The molecule has 0 saturated carbocycles. The van der Waals surface area contributed by atoms with Gasteiger partial charge in [-0.05, 0) is 0 Å². The van der Waals surface area contributed by atoms with Crippen molar-refractivity contribution in [3.05, 3.63) is 0 Å². The molecule has 0 saturated heterocycles. The maximum atomic E-state index is 10.9. The van der Waals surface area contributed by atoms with Crippen molar-refractivity contribution >= 4 is 12.0 Å². The highest BCUT2D eigenvalue weighted by Gasteiger charge is 2.18. The molecule has 0 radical (unpaired) electrons. The van der Waals surface area contributed by atoms with E-state index in [0.29, 0.717) is 0 Å². The van der Waals surface area contributed by atoms with Crippen LogP contribution in [0.5, 0.6) is 0 Å². The van der Waals surface area contributed by atoms with Crippen LogP contribution in [0.2, 0.25) is 0 Å². The number of urea groups is 1. The monoisotopic (exact) mass is 200 g/mol. The van der Waals surface area contributed by atoms with Crippen LogP contribution in [0.1, 0.15) is 6.42 Å². The first-order valence-electron chi connectivity index (χ1n) is 3.93. The fourth-order valence-corrected chi connectivity index (χ4v) is 0.727. The third kappa shape index (κ3) is 5.00. The van der Waals surface area contributed by atoms with Crippen LogP contribution in [0.25, 0.3) is 0 Å². The summed E-state index contributed by atoms with van der Waals surface area (Å²) in [6.07, 6.45) is 4.83. The lowest BCUT2D eigenvalue weighted by Gasteiger charge is -2.12. The van der Waals surface area contributed by atoms with E-state index in [1.54, 1.807) is 0 Å². The Labute approximate surface area is 81.3 Å². The first-order chi connectivity index (χ1) is 6.61. The lowest BCUT2D eigenvalue weighted by Crippen LogP contribution is -2.46. The predicted molar refractivity (Wildman–Crippen MR) is 48.5 cm³/mol. The normalized spacial score (nSPS) is 11.1. The number of rotatable bonds is 5. The van der Waals surface area contributed by atoms with Gasteiger partial charge in [0.15, 0.2) is 0 Å². The Kier molecular flexibility index (Phi) is 5.90. The molecule has 0 rings (SSSR count). The zero-order valence-electron chi connectivity index (χ0n) is 7.49. The van der Waals surface area contributed by atoms with Gasteiger partial charge in [-0.25, -0.2) is 9.59 Å². The average Bonchev–Trinajstić information content (AvgIpc) is 2.14. The van der Waals surface area contributed by atoms with Crippen molar-refractivity contribution in [2.24, 2.45) is 0 Å². The molecule has 0 aromatic carbocycles. The maximum Gasteiger partial charge on any atom is 0.326 e. The van der Waals surface area contributed by atoms with Gasteiger partial charge >= 0.3 is 12.0 Å². The maximum absolute atomic E-state index is 10.9. The Hall–Kier alpha value is -1.74. The largest absolute Gasteiger partial charge is 0.480 e. The summed E-state index contributed by atoms with van der Waals surface area (Å²) in [6.45, 7) is -0.288. The van der Waals surface area contributed by atoms with Gasteiger partial charge in [0.05, 0.1) is 6.54 Å². The molecule has 78 valence electrons. The van der Waals surface area contributed by atoms with Gasteiger partial charge in [-0.3, -0.25) is 0 Å². The van der Waals surface area contributed by atoms with Crippen LogP contribution in [-0.4, -0.2) is 41.4 Å². The van der Waals surface area contributed by atoms with Gasteiger partial charge in [-0.15, -0.1) is 6.42 Å². The van der Waals surface area contributed by atoms with Crippen LogP contribution in [-0.2, 0) is 4.79 Å². The van der Waals surface area contributed by atoms with Crippen molar-refractivity contribution in [2.75, 3.05) is 13.2 Å². The number of nitrogens with one attached hydrogen (secondary N) is 2. The van der Waals surface area contributed by atoms with Gasteiger partial charge in [-0.2, -0.15) is 0 Å². The molecular weight excluding hydrogens is 188 g/mol. The van der Waals surface area contributed by atoms with Crippen molar-refractivity contribution in [3.63, 3.8) is 0 Å². The fourth-order valence-electron chi connectivity index (χ4n) is 0.727. The zero-order valence-corrected chi connectivity index (χ0v) is 7.49. The van der Waals surface area contributed by atoms with E-state index in [9.17, 15) is 9.59 Å². The smallest absolute Gasteiger partial charge is 0.326 e. The summed E-state index contributed by atoms with van der Waals surface area (Å²) in [5.41, 5.74) is 0. The van der Waals surface area contributed by atoms with E-state index >= 15 is 0 Å². The van der Waals surface area contributed by atoms with Crippen LogP contribution in [0.3, 0.4) is 0 Å². The number of aliphatic carboxylic acids is 1. The minimum atomic E-state index is -1.20. The Balaban J connectivity index is 3.97. The second kappa shape index (κ2) is 6.74. The second-order valence-corrected chi connectivity index (χ2v) is 2.43. The summed E-state index contributed by atoms with van der Waals surface area (Å²) in [7, 11) is 0. The first kappa shape index (κ1) is 12.3. The summed E-state index contributed by atoms with van der Waals surface area (Å²) in [6, 6.07) is -1.76. The number of carbonyl (C=O) groups excluding carboxylic acids is 1. The number of hydrogen-bond acceptors (Lipinski definition) is 3. The number of hydrogen-bond donors (Lipinski definition) is 4. The molecule has 4 N–H and O–H groups in total. The highest BCUT2D eigenvalue weighted by molar-refractivity contribution is 5.82. The number of carboxylic acid groups (broad SMARTS) is 1. The highest BCUT2D eigenvalue weighted by atomic mass is 16.4. The molecule has 0 aliphatic heterocycles. The van der Waals surface area contributed by atoms with Gasteiger partial charge in [-0.1, -0.05) is 5.92 Å². The molecule has 1 atom stereocenters. The van der Waals surface area contributed by atoms with Crippen molar-refractivity contribution in [2.45, 2.75) is 12.5 Å². The average molecular weight is 200 g/mol. The van der Waals surface area contributed by atoms with Crippen LogP contribution in [0.4, 0.5) is 4.79 Å². The minimum Gasteiger partial charge on any atom is -0.480 e. The second-order valence-electron chi connectivity index (χ2n) is 2.43. The standard InChI is InChI=1S/C8H12N2O4/c1-2-4-9-8(14)10-6(3-5-11)7(12)13/h1,6,11H,3-5H2,(H,12,13)(H2,9,10,14). The van der Waals surface area contributed by atoms with E-state index in [0.717, 1.165) is 0 Å². The quantitative estimate of drug-likeness (QED) is 0.417. The van der Waals surface area contributed by atoms with E-state index < -0.39 is 18.0 Å². The molecule has 0 aliphatic rings. The molecule has 0 heterocycles. The summed E-state index contributed by atoms with van der Waals surface area (Å²) in [4.78, 5) is 21.4. The highest BCUT2D eigenvalue weighted by Crippen LogP contribution is 1.90. The third-order valence-corrected chi connectivity index (χ3v) is 1.37. The number of amides is 2. The number of aliphatic hydroxyl groups excluding tert-OH is 1. The summed E-state index contributed by atoms with van der Waals surface area (Å²) >= 11 is 0. The topological polar surface area (TPSA) is 98.7 Å². The molecule has 0 fully saturated rings. The molecule has 0 aromatic rings. The van der Waals surface area contributed by atoms with Gasteiger partial charge < -0.3 is 20.8 Å². The van der Waals surface area contributed by atoms with Crippen molar-refractivity contribution in [1.29, 1.82) is 0 Å². The van der Waals surface area contributed by atoms with Gasteiger partial charge in [0.1, 0.15) is 6.04 Å². The van der Waals surface area contributed by atoms with Crippen LogP contribution in [0.15, 0.2) is 0 Å². The van der Waals surface area contributed by atoms with Crippen molar-refractivity contribution in [3.8, 4) is 12.3 Å². The van der Waals surface area contributed by atoms with E-state index in [2.05, 4.69) is 16.6 Å². The molecule has 6 nitrogen and oxygen atoms in total. The minimum absolute atomic E-state index is 0.0251. The lowest BCUT2D eigenvalue weighted by atomic mass is 10.2. The van der Waals surface area contributed by atoms with Gasteiger partial charge in [0.2, 0.25) is 0 Å². The molecule has 14 heavy (non-hydrogen) atoms. The Bertz CT molecular complexity index is 246. The molecule has 6 heteroatoms. The van der Waals surface area contributed by atoms with Crippen LogP contribution < -0.4 is 10.6 Å². The molecule has 0 aliphatic carbocycles. The number of aliphatic hydroxyl groups is 1. The van der Waals surface area contributed by atoms with E-state index in [4.69, 9.17) is 16.6 Å². The summed E-state index contributed by atoms with van der Waals surface area (Å²) < 4.78 is 0. The molecule has 0 aromatic heterocycles. The molecule has 2 amide bonds. The fraction of sp³-hybridized carbons (Fsp3) is 0.500. The third-order valence-electron chi connectivity index (χ3n) is 1.37. The zero-order chi connectivity index (χ0) is 11.0. The summed E-state index contributed by atoms with van der Waals surface area (Å²) in [5.74, 6) is 0.965. The molecule has 0 bridgehead atoms. The Morgan fingerprint density at radius 1 is 1.50 bits per heavy atom. The number of terminal acetylenes is 1. The molecule has 0 spiro atoms. The summed E-state index contributed by atoms with van der Waals surface area (Å²) in [5, 5.41) is 21.5. The first-order valence-corrected chi connectivity index (χ1v) is 3.93. The van der Waals surface area contributed by atoms with Crippen LogP contribution in [0, 0.1) is 12.3 Å². The van der Waals surface area contributed by atoms with Gasteiger partial charge in [0, 0.05) is 13.0 Å². The van der Waals surface area contributed by atoms with Crippen LogP contribution >= 0.6 is 0 Å². The van der Waals surface area contributed by atoms with Crippen molar-refractivity contribution in [1.82, 2.24) is 10.6 Å². The Morgan fingerprint density at radius 3 is 2.57 bits per heavy atom. The molecular formula is C8H12N2O4. The Morgan fingerprint density at radius 2 is 2.14 bits per heavy atom.